The molecule has 17 heavy (non-hydrogen) atoms. The van der Waals surface area contributed by atoms with E-state index in [1.165, 1.54) is 17.6 Å². The topological polar surface area (TPSA) is 0 Å². The predicted octanol–water partition coefficient (Wildman–Crippen LogP) is 4.62. The fourth-order valence-corrected chi connectivity index (χ4v) is 2.00. The largest absolute Gasteiger partial charge is 2.00 e. The summed E-state index contributed by atoms with van der Waals surface area (Å²) >= 11 is 0. The Hall–Kier alpha value is -1.04. The summed E-state index contributed by atoms with van der Waals surface area (Å²) < 4.78 is 0. The molecule has 0 fully saturated rings. The molecule has 0 radical (unpaired) electrons. The van der Waals surface area contributed by atoms with Gasteiger partial charge in [0.2, 0.25) is 0 Å². The van der Waals surface area contributed by atoms with Gasteiger partial charge in [-0.05, 0) is 5.41 Å². The summed E-state index contributed by atoms with van der Waals surface area (Å²) in [7, 11) is 0. The van der Waals surface area contributed by atoms with Crippen LogP contribution in [0.3, 0.4) is 0 Å². The third-order valence-corrected chi connectivity index (χ3v) is 3.07. The summed E-state index contributed by atoms with van der Waals surface area (Å²) in [6.45, 7) is 4.60. The molecule has 0 N–H and O–H groups in total. The molecule has 0 heterocycles. The Morgan fingerprint density at radius 3 is 1.94 bits per heavy atom. The average Bonchev–Trinajstić information content (AvgIpc) is 2.91. The second-order valence-corrected chi connectivity index (χ2v) is 4.84. The Morgan fingerprint density at radius 2 is 1.65 bits per heavy atom. The first-order chi connectivity index (χ1) is 7.70. The van der Waals surface area contributed by atoms with Crippen LogP contribution in [0.4, 0.5) is 0 Å². The fourth-order valence-electron chi connectivity index (χ4n) is 2.00. The van der Waals surface area contributed by atoms with Crippen LogP contribution in [-0.2, 0) is 17.1 Å². The van der Waals surface area contributed by atoms with Crippen LogP contribution in [0.2, 0.25) is 0 Å². The molecule has 2 aromatic rings. The molecule has 3 rings (SSSR count). The van der Waals surface area contributed by atoms with Gasteiger partial charge in [-0.2, -0.15) is 30.3 Å². The Bertz CT molecular complexity index is 413. The standard InChI is InChI=1S/C11H13.C5H5.Fe/c1-11(2)8-7-10(11)9-5-3-4-6-9;1-2-4-5-3-1;/h3-7H,8H2,1-2H3;1-5H;/q2*-1;+2. The molecule has 0 saturated heterocycles. The van der Waals surface area contributed by atoms with Crippen molar-refractivity contribution < 1.29 is 17.1 Å². The fraction of sp³-hybridized carbons (Fsp3) is 0.250. The zero-order valence-electron chi connectivity index (χ0n) is 10.3. The van der Waals surface area contributed by atoms with E-state index in [0.29, 0.717) is 5.41 Å². The Balaban J connectivity index is 0.000000205. The van der Waals surface area contributed by atoms with Crippen molar-refractivity contribution in [3.05, 3.63) is 66.2 Å². The van der Waals surface area contributed by atoms with Crippen molar-refractivity contribution in [2.45, 2.75) is 20.3 Å². The van der Waals surface area contributed by atoms with Crippen molar-refractivity contribution in [1.29, 1.82) is 0 Å². The third kappa shape index (κ3) is 3.46. The van der Waals surface area contributed by atoms with Gasteiger partial charge in [0.1, 0.15) is 0 Å². The summed E-state index contributed by atoms with van der Waals surface area (Å²) in [6.07, 6.45) is 3.56. The molecule has 90 valence electrons. The van der Waals surface area contributed by atoms with Gasteiger partial charge >= 0.3 is 17.1 Å². The molecule has 0 atom stereocenters. The van der Waals surface area contributed by atoms with Crippen LogP contribution >= 0.6 is 0 Å². The van der Waals surface area contributed by atoms with E-state index in [1.54, 1.807) is 0 Å². The first-order valence-corrected chi connectivity index (χ1v) is 5.79. The molecule has 2 aromatic carbocycles. The van der Waals surface area contributed by atoms with E-state index in [0.717, 1.165) is 0 Å². The van der Waals surface area contributed by atoms with Crippen molar-refractivity contribution >= 4 is 5.57 Å². The molecule has 0 nitrogen and oxygen atoms in total. The van der Waals surface area contributed by atoms with Gasteiger partial charge in [0.25, 0.3) is 0 Å². The Morgan fingerprint density at radius 1 is 1.06 bits per heavy atom. The van der Waals surface area contributed by atoms with Crippen LogP contribution in [0.15, 0.2) is 60.7 Å². The van der Waals surface area contributed by atoms with Gasteiger partial charge in [0, 0.05) is 0 Å². The van der Waals surface area contributed by atoms with Gasteiger partial charge in [0.15, 0.2) is 0 Å². The quantitative estimate of drug-likeness (QED) is 0.521. The van der Waals surface area contributed by atoms with Crippen molar-refractivity contribution in [3.63, 3.8) is 0 Å². The van der Waals surface area contributed by atoms with E-state index >= 15 is 0 Å². The first kappa shape index (κ1) is 14.0. The van der Waals surface area contributed by atoms with Crippen molar-refractivity contribution in [2.75, 3.05) is 0 Å². The minimum Gasteiger partial charge on any atom is -0.214 e. The van der Waals surface area contributed by atoms with E-state index in [4.69, 9.17) is 0 Å². The SMILES string of the molecule is CC1(C)CC=C1[c-]1cccc1.[Fe+2].c1cc[cH-]c1. The summed E-state index contributed by atoms with van der Waals surface area (Å²) in [5, 5.41) is 0. The molecule has 0 spiro atoms. The second-order valence-electron chi connectivity index (χ2n) is 4.84. The minimum atomic E-state index is 0. The second kappa shape index (κ2) is 6.05. The van der Waals surface area contributed by atoms with Gasteiger partial charge in [-0.15, -0.1) is 29.3 Å². The summed E-state index contributed by atoms with van der Waals surface area (Å²) in [4.78, 5) is 0. The summed E-state index contributed by atoms with van der Waals surface area (Å²) in [5.41, 5.74) is 3.35. The van der Waals surface area contributed by atoms with Gasteiger partial charge in [-0.25, -0.2) is 12.1 Å². The van der Waals surface area contributed by atoms with E-state index < -0.39 is 0 Å². The normalized spacial score (nSPS) is 15.8. The molecule has 0 amide bonds. The Labute approximate surface area is 115 Å². The zero-order valence-corrected chi connectivity index (χ0v) is 11.4. The molecule has 1 heteroatoms. The van der Waals surface area contributed by atoms with Gasteiger partial charge in [-0.1, -0.05) is 20.3 Å². The number of hydrogen-bond donors (Lipinski definition) is 0. The average molecular weight is 266 g/mol. The third-order valence-electron chi connectivity index (χ3n) is 3.07. The maximum Gasteiger partial charge on any atom is 2.00 e. The first-order valence-electron chi connectivity index (χ1n) is 5.79. The molecule has 0 unspecified atom stereocenters. The zero-order chi connectivity index (χ0) is 11.4. The predicted molar refractivity (Wildman–Crippen MR) is 70.4 cm³/mol. The molecule has 0 bridgehead atoms. The molecular weight excluding hydrogens is 248 g/mol. The van der Waals surface area contributed by atoms with Crippen molar-refractivity contribution in [3.8, 4) is 0 Å². The van der Waals surface area contributed by atoms with Gasteiger partial charge < -0.3 is 0 Å². The van der Waals surface area contributed by atoms with Crippen LogP contribution in [-0.4, -0.2) is 0 Å². The molecule has 0 aromatic heterocycles. The Kier molecular flexibility index (Phi) is 4.99. The van der Waals surface area contributed by atoms with Crippen LogP contribution in [0.25, 0.3) is 5.57 Å². The molecule has 1 aliphatic carbocycles. The molecule has 0 aliphatic heterocycles. The van der Waals surface area contributed by atoms with E-state index in [1.807, 2.05) is 30.3 Å². The van der Waals surface area contributed by atoms with Gasteiger partial charge in [0.05, 0.1) is 0 Å². The number of allylic oxidation sites excluding steroid dienone is 2. The maximum atomic E-state index is 2.33. The van der Waals surface area contributed by atoms with E-state index in [9.17, 15) is 0 Å². The van der Waals surface area contributed by atoms with Crippen LogP contribution in [0.5, 0.6) is 0 Å². The van der Waals surface area contributed by atoms with Crippen molar-refractivity contribution in [2.24, 2.45) is 5.41 Å². The maximum absolute atomic E-state index is 2.33. The number of hydrogen-bond acceptors (Lipinski definition) is 0. The van der Waals surface area contributed by atoms with E-state index in [2.05, 4.69) is 44.2 Å². The summed E-state index contributed by atoms with van der Waals surface area (Å²) in [5.74, 6) is 0. The molecule has 0 saturated carbocycles. The van der Waals surface area contributed by atoms with Crippen LogP contribution in [0.1, 0.15) is 25.8 Å². The van der Waals surface area contributed by atoms with E-state index in [-0.39, 0.29) is 17.1 Å². The summed E-state index contributed by atoms with van der Waals surface area (Å²) in [6, 6.07) is 18.6. The van der Waals surface area contributed by atoms with Crippen molar-refractivity contribution in [1.82, 2.24) is 0 Å². The number of rotatable bonds is 1. The van der Waals surface area contributed by atoms with Gasteiger partial charge in [-0.3, -0.25) is 0 Å². The van der Waals surface area contributed by atoms with Crippen LogP contribution < -0.4 is 0 Å². The molecular formula is C16H18Fe. The monoisotopic (exact) mass is 266 g/mol. The molecule has 1 aliphatic rings. The smallest absolute Gasteiger partial charge is 0.214 e. The minimum absolute atomic E-state index is 0. The van der Waals surface area contributed by atoms with Crippen LogP contribution in [0, 0.1) is 5.41 Å².